The third kappa shape index (κ3) is 4.16. The highest BCUT2D eigenvalue weighted by atomic mass is 19.3. The average molecular weight is 282 g/mol. The summed E-state index contributed by atoms with van der Waals surface area (Å²) in [6, 6.07) is 3.43. The molecule has 1 aromatic carbocycles. The summed E-state index contributed by atoms with van der Waals surface area (Å²) in [6.45, 7) is 3.53. The van der Waals surface area contributed by atoms with Crippen molar-refractivity contribution in [2.24, 2.45) is 0 Å². The van der Waals surface area contributed by atoms with Gasteiger partial charge in [-0.15, -0.1) is 0 Å². The highest BCUT2D eigenvalue weighted by Gasteiger charge is 2.42. The minimum absolute atomic E-state index is 0.0720. The van der Waals surface area contributed by atoms with Crippen molar-refractivity contribution in [3.05, 3.63) is 35.1 Å². The highest BCUT2D eigenvalue weighted by Crippen LogP contribution is 2.34. The molecule has 1 atom stereocenters. The minimum Gasteiger partial charge on any atom is -0.388 e. The second-order valence-corrected chi connectivity index (χ2v) is 4.75. The molecule has 0 aliphatic carbocycles. The number of rotatable bonds is 5. The normalized spacial score (nSPS) is 14.2. The summed E-state index contributed by atoms with van der Waals surface area (Å²) in [5.74, 6) is -5.07. The van der Waals surface area contributed by atoms with E-state index in [1.165, 1.54) is 12.1 Å². The smallest absolute Gasteiger partial charge is 0.310 e. The maximum atomic E-state index is 13.3. The van der Waals surface area contributed by atoms with E-state index in [0.29, 0.717) is 5.56 Å². The van der Waals surface area contributed by atoms with Crippen LogP contribution in [-0.4, -0.2) is 17.5 Å². The zero-order valence-electron chi connectivity index (χ0n) is 10.5. The molecular formula is C13H15F5O. The van der Waals surface area contributed by atoms with Crippen molar-refractivity contribution in [3.63, 3.8) is 0 Å². The highest BCUT2D eigenvalue weighted by molar-refractivity contribution is 5.28. The Labute approximate surface area is 108 Å². The molecule has 0 radical (unpaired) electrons. The van der Waals surface area contributed by atoms with E-state index >= 15 is 0 Å². The Kier molecular flexibility index (Phi) is 4.90. The van der Waals surface area contributed by atoms with Crippen molar-refractivity contribution in [2.45, 2.75) is 44.6 Å². The summed E-state index contributed by atoms with van der Waals surface area (Å²) in [5, 5.41) is 9.56. The molecule has 1 unspecified atom stereocenters. The quantitative estimate of drug-likeness (QED) is 0.799. The molecule has 1 nitrogen and oxygen atoms in total. The van der Waals surface area contributed by atoms with Gasteiger partial charge in [0.2, 0.25) is 0 Å². The van der Waals surface area contributed by atoms with Crippen molar-refractivity contribution in [2.75, 3.05) is 0 Å². The Balaban J connectivity index is 2.97. The summed E-state index contributed by atoms with van der Waals surface area (Å²) in [5.41, 5.74) is 0.387. The fraction of sp³-hybridized carbons (Fsp3) is 0.538. The van der Waals surface area contributed by atoms with Gasteiger partial charge in [-0.05, 0) is 29.2 Å². The first-order chi connectivity index (χ1) is 8.63. The third-order valence-electron chi connectivity index (χ3n) is 2.78. The van der Waals surface area contributed by atoms with Crippen LogP contribution in [0.3, 0.4) is 0 Å². The number of alkyl halides is 4. The van der Waals surface area contributed by atoms with Crippen LogP contribution >= 0.6 is 0 Å². The van der Waals surface area contributed by atoms with Gasteiger partial charge in [0.25, 0.3) is 0 Å². The summed E-state index contributed by atoms with van der Waals surface area (Å²) in [6.07, 6.45) is -7.14. The number of benzene rings is 1. The number of aliphatic hydroxyl groups excluding tert-OH is 1. The Bertz CT molecular complexity index is 431. The fourth-order valence-corrected chi connectivity index (χ4v) is 1.63. The summed E-state index contributed by atoms with van der Waals surface area (Å²) >= 11 is 0. The van der Waals surface area contributed by atoms with Gasteiger partial charge in [-0.1, -0.05) is 19.9 Å². The molecule has 6 heteroatoms. The number of aliphatic hydroxyl groups is 1. The van der Waals surface area contributed by atoms with Gasteiger partial charge in [0, 0.05) is 6.42 Å². The summed E-state index contributed by atoms with van der Waals surface area (Å²) in [4.78, 5) is 0. The molecule has 0 fully saturated rings. The molecule has 108 valence electrons. The first kappa shape index (κ1) is 15.9. The van der Waals surface area contributed by atoms with Gasteiger partial charge < -0.3 is 5.11 Å². The van der Waals surface area contributed by atoms with Gasteiger partial charge >= 0.3 is 12.3 Å². The Morgan fingerprint density at radius 3 is 2.11 bits per heavy atom. The Morgan fingerprint density at radius 2 is 1.63 bits per heavy atom. The Morgan fingerprint density at radius 1 is 1.11 bits per heavy atom. The van der Waals surface area contributed by atoms with Gasteiger partial charge in [-0.3, -0.25) is 0 Å². The molecule has 0 aliphatic rings. The molecule has 0 saturated heterocycles. The lowest BCUT2D eigenvalue weighted by atomic mass is 9.96. The molecule has 0 aromatic heterocycles. The molecule has 0 amide bonds. The lowest BCUT2D eigenvalue weighted by molar-refractivity contribution is -0.149. The van der Waals surface area contributed by atoms with Crippen LogP contribution in [0.2, 0.25) is 0 Å². The van der Waals surface area contributed by atoms with Crippen LogP contribution in [0.25, 0.3) is 0 Å². The van der Waals surface area contributed by atoms with Crippen molar-refractivity contribution < 1.29 is 27.1 Å². The second kappa shape index (κ2) is 5.86. The van der Waals surface area contributed by atoms with Gasteiger partial charge in [-0.2, -0.15) is 0 Å². The van der Waals surface area contributed by atoms with Crippen LogP contribution in [-0.2, 0) is 0 Å². The van der Waals surface area contributed by atoms with Gasteiger partial charge in [-0.25, -0.2) is 22.0 Å². The molecule has 0 bridgehead atoms. The predicted octanol–water partition coefficient (Wildman–Crippen LogP) is 4.27. The molecule has 0 saturated carbocycles. The van der Waals surface area contributed by atoms with Crippen LogP contribution in [0.4, 0.5) is 22.0 Å². The minimum atomic E-state index is -4.30. The van der Waals surface area contributed by atoms with Gasteiger partial charge in [0.05, 0.1) is 6.10 Å². The van der Waals surface area contributed by atoms with Crippen molar-refractivity contribution in [3.8, 4) is 0 Å². The van der Waals surface area contributed by atoms with E-state index in [1.54, 1.807) is 13.8 Å². The average Bonchev–Trinajstić information content (AvgIpc) is 2.27. The molecule has 1 N–H and O–H groups in total. The first-order valence-electron chi connectivity index (χ1n) is 5.78. The molecule has 0 spiro atoms. The maximum Gasteiger partial charge on any atom is 0.310 e. The van der Waals surface area contributed by atoms with Crippen LogP contribution in [0.5, 0.6) is 0 Å². The number of hydrogen-bond acceptors (Lipinski definition) is 1. The van der Waals surface area contributed by atoms with Crippen molar-refractivity contribution in [1.82, 2.24) is 0 Å². The molecular weight excluding hydrogens is 267 g/mol. The predicted molar refractivity (Wildman–Crippen MR) is 61.0 cm³/mol. The van der Waals surface area contributed by atoms with Crippen molar-refractivity contribution in [1.29, 1.82) is 0 Å². The first-order valence-corrected chi connectivity index (χ1v) is 5.78. The van der Waals surface area contributed by atoms with Gasteiger partial charge in [0.15, 0.2) is 0 Å². The molecule has 0 heterocycles. The van der Waals surface area contributed by atoms with E-state index in [2.05, 4.69) is 0 Å². The monoisotopic (exact) mass is 282 g/mol. The maximum absolute atomic E-state index is 13.3. The number of hydrogen-bond donors (Lipinski definition) is 1. The van der Waals surface area contributed by atoms with Crippen LogP contribution < -0.4 is 0 Å². The standard InChI is InChI=1S/C13H15F5O/c1-7(2)8-3-9(5-10(14)4-8)11(19)6-13(17,18)12(15)16/h3-5,7,11-12,19H,6H2,1-2H3. The van der Waals surface area contributed by atoms with Crippen LogP contribution in [0, 0.1) is 5.82 Å². The lowest BCUT2D eigenvalue weighted by Gasteiger charge is -2.20. The lowest BCUT2D eigenvalue weighted by Crippen LogP contribution is -2.28. The van der Waals surface area contributed by atoms with Gasteiger partial charge in [0.1, 0.15) is 5.82 Å². The molecule has 1 aromatic rings. The van der Waals surface area contributed by atoms with E-state index in [0.717, 1.165) is 6.07 Å². The SMILES string of the molecule is CC(C)c1cc(F)cc(C(O)CC(F)(F)C(F)F)c1. The number of halogens is 5. The largest absolute Gasteiger partial charge is 0.388 e. The van der Waals surface area contributed by atoms with Crippen molar-refractivity contribution >= 4 is 0 Å². The summed E-state index contributed by atoms with van der Waals surface area (Å²) < 4.78 is 63.1. The van der Waals surface area contributed by atoms with E-state index in [4.69, 9.17) is 0 Å². The topological polar surface area (TPSA) is 20.2 Å². The molecule has 19 heavy (non-hydrogen) atoms. The summed E-state index contributed by atoms with van der Waals surface area (Å²) in [7, 11) is 0. The Hall–Kier alpha value is -1.17. The third-order valence-corrected chi connectivity index (χ3v) is 2.78. The van der Waals surface area contributed by atoms with Crippen LogP contribution in [0.15, 0.2) is 18.2 Å². The molecule has 1 rings (SSSR count). The fourth-order valence-electron chi connectivity index (χ4n) is 1.63. The second-order valence-electron chi connectivity index (χ2n) is 4.75. The zero-order valence-corrected chi connectivity index (χ0v) is 10.5. The zero-order chi connectivity index (χ0) is 14.8. The van der Waals surface area contributed by atoms with E-state index < -0.39 is 30.7 Å². The van der Waals surface area contributed by atoms with E-state index in [1.807, 2.05) is 0 Å². The van der Waals surface area contributed by atoms with E-state index in [9.17, 15) is 27.1 Å². The molecule has 0 aliphatic heterocycles. The van der Waals surface area contributed by atoms with E-state index in [-0.39, 0.29) is 11.5 Å². The van der Waals surface area contributed by atoms with Crippen LogP contribution in [0.1, 0.15) is 43.4 Å².